The van der Waals surface area contributed by atoms with Crippen LogP contribution in [0.15, 0.2) is 0 Å². The first-order valence-corrected chi connectivity index (χ1v) is 6.22. The number of esters is 1. The van der Waals surface area contributed by atoms with Gasteiger partial charge in [-0.1, -0.05) is 0 Å². The van der Waals surface area contributed by atoms with E-state index in [0.29, 0.717) is 13.2 Å². The molecule has 1 N–H and O–H groups in total. The second kappa shape index (κ2) is 11.5. The van der Waals surface area contributed by atoms with E-state index in [0.717, 1.165) is 5.75 Å². The maximum Gasteiger partial charge on any atom is 0.508 e. The summed E-state index contributed by atoms with van der Waals surface area (Å²) < 4.78 is 18.5. The summed E-state index contributed by atoms with van der Waals surface area (Å²) in [5.74, 6) is 0.226. The average Bonchev–Trinajstić information content (AvgIpc) is 2.27. The molecule has 0 saturated heterocycles. The van der Waals surface area contributed by atoms with Crippen LogP contribution in [0.3, 0.4) is 0 Å². The molecule has 0 saturated carbocycles. The highest BCUT2D eigenvalue weighted by Crippen LogP contribution is 1.90. The Morgan fingerprint density at radius 3 is 2.47 bits per heavy atom. The Kier molecular flexibility index (Phi) is 10.8. The van der Waals surface area contributed by atoms with Crippen LogP contribution in [0.25, 0.3) is 0 Å². The fourth-order valence-corrected chi connectivity index (χ4v) is 0.989. The zero-order valence-corrected chi connectivity index (χ0v) is 10.4. The molecule has 0 aromatic carbocycles. The van der Waals surface area contributed by atoms with E-state index in [9.17, 15) is 9.59 Å². The molecule has 0 radical (unpaired) electrons. The fraction of sp³-hybridized carbons (Fsp3) is 0.778. The van der Waals surface area contributed by atoms with Gasteiger partial charge in [-0.25, -0.2) is 9.59 Å². The molecule has 0 aromatic rings. The molecule has 0 unspecified atom stereocenters. The van der Waals surface area contributed by atoms with Gasteiger partial charge in [0, 0.05) is 5.75 Å². The van der Waals surface area contributed by atoms with Crippen molar-refractivity contribution in [3.05, 3.63) is 0 Å². The van der Waals surface area contributed by atoms with E-state index in [-0.39, 0.29) is 13.2 Å². The standard InChI is InChI=1S/C9H16O7S/c1-17-5-4-13-2-3-14-6-8(10)15-7-16-9(11)12/h2-7H2,1H3,(H,11,12). The monoisotopic (exact) mass is 268 g/mol. The lowest BCUT2D eigenvalue weighted by Gasteiger charge is -2.05. The summed E-state index contributed by atoms with van der Waals surface area (Å²) in [4.78, 5) is 20.8. The van der Waals surface area contributed by atoms with E-state index >= 15 is 0 Å². The molecule has 8 heteroatoms. The van der Waals surface area contributed by atoms with Gasteiger partial charge in [0.05, 0.1) is 19.8 Å². The van der Waals surface area contributed by atoms with Crippen LogP contribution in [0.1, 0.15) is 0 Å². The molecule has 0 aliphatic heterocycles. The molecule has 0 amide bonds. The number of thioether (sulfide) groups is 1. The number of carboxylic acid groups (broad SMARTS) is 1. The van der Waals surface area contributed by atoms with E-state index in [2.05, 4.69) is 9.47 Å². The summed E-state index contributed by atoms with van der Waals surface area (Å²) in [6.07, 6.45) is 0.482. The van der Waals surface area contributed by atoms with Crippen LogP contribution < -0.4 is 0 Å². The number of ether oxygens (including phenoxy) is 4. The molecule has 0 bridgehead atoms. The van der Waals surface area contributed by atoms with Gasteiger partial charge >= 0.3 is 12.1 Å². The summed E-state index contributed by atoms with van der Waals surface area (Å²) in [6.45, 7) is 0.445. The van der Waals surface area contributed by atoms with Gasteiger partial charge in [0.2, 0.25) is 6.79 Å². The SMILES string of the molecule is CSCCOCCOCC(=O)OCOC(=O)O. The number of hydrogen-bond acceptors (Lipinski definition) is 7. The lowest BCUT2D eigenvalue weighted by atomic mass is 10.7. The number of hydrogen-bond donors (Lipinski definition) is 1. The number of carbonyl (C=O) groups is 2. The molecule has 100 valence electrons. The van der Waals surface area contributed by atoms with E-state index in [1.807, 2.05) is 6.26 Å². The molecule has 0 aliphatic carbocycles. The Morgan fingerprint density at radius 2 is 1.82 bits per heavy atom. The maximum atomic E-state index is 10.9. The van der Waals surface area contributed by atoms with Crippen molar-refractivity contribution in [3.63, 3.8) is 0 Å². The molecule has 0 heterocycles. The van der Waals surface area contributed by atoms with Crippen molar-refractivity contribution in [2.24, 2.45) is 0 Å². The molecular formula is C9H16O7S. The third-order valence-corrected chi connectivity index (χ3v) is 2.00. The minimum absolute atomic E-state index is 0.255. The van der Waals surface area contributed by atoms with Gasteiger partial charge in [0.1, 0.15) is 6.61 Å². The van der Waals surface area contributed by atoms with E-state index in [1.165, 1.54) is 0 Å². The van der Waals surface area contributed by atoms with Crippen LogP contribution >= 0.6 is 11.8 Å². The third-order valence-electron chi connectivity index (χ3n) is 1.43. The van der Waals surface area contributed by atoms with Crippen LogP contribution in [0.2, 0.25) is 0 Å². The van der Waals surface area contributed by atoms with Gasteiger partial charge in [-0.05, 0) is 6.26 Å². The Labute approximate surface area is 103 Å². The van der Waals surface area contributed by atoms with Gasteiger partial charge < -0.3 is 24.1 Å². The van der Waals surface area contributed by atoms with Gasteiger partial charge in [-0.15, -0.1) is 0 Å². The van der Waals surface area contributed by atoms with E-state index in [4.69, 9.17) is 14.6 Å². The third kappa shape index (κ3) is 12.9. The molecule has 7 nitrogen and oxygen atoms in total. The van der Waals surface area contributed by atoms with Crippen LogP contribution in [-0.4, -0.2) is 62.5 Å². The second-order valence-electron chi connectivity index (χ2n) is 2.70. The average molecular weight is 268 g/mol. The van der Waals surface area contributed by atoms with Gasteiger partial charge in [0.25, 0.3) is 0 Å². The van der Waals surface area contributed by atoms with Crippen molar-refractivity contribution in [2.75, 3.05) is 45.2 Å². The lowest BCUT2D eigenvalue weighted by Crippen LogP contribution is -2.17. The first-order chi connectivity index (χ1) is 8.16. The Balaban J connectivity index is 3.19. The largest absolute Gasteiger partial charge is 0.508 e. The van der Waals surface area contributed by atoms with Crippen molar-refractivity contribution in [1.29, 1.82) is 0 Å². The highest BCUT2D eigenvalue weighted by atomic mass is 32.2. The molecule has 0 aliphatic rings. The first-order valence-electron chi connectivity index (χ1n) is 4.82. The molecule has 0 atom stereocenters. The predicted molar refractivity (Wildman–Crippen MR) is 60.1 cm³/mol. The summed E-state index contributed by atoms with van der Waals surface area (Å²) in [5, 5.41) is 8.08. The van der Waals surface area contributed by atoms with Crippen molar-refractivity contribution in [3.8, 4) is 0 Å². The van der Waals surface area contributed by atoms with Crippen molar-refractivity contribution in [1.82, 2.24) is 0 Å². The van der Waals surface area contributed by atoms with Gasteiger partial charge in [-0.3, -0.25) is 0 Å². The zero-order valence-electron chi connectivity index (χ0n) is 9.55. The number of rotatable bonds is 10. The molecule has 17 heavy (non-hydrogen) atoms. The molecular weight excluding hydrogens is 252 g/mol. The molecule has 0 fully saturated rings. The van der Waals surface area contributed by atoms with Crippen molar-refractivity contribution >= 4 is 23.9 Å². The quantitative estimate of drug-likeness (QED) is 0.349. The molecule has 0 rings (SSSR count). The normalized spacial score (nSPS) is 9.94. The van der Waals surface area contributed by atoms with Crippen LogP contribution in [0.4, 0.5) is 4.79 Å². The zero-order chi connectivity index (χ0) is 12.9. The Hall–Kier alpha value is -0.990. The second-order valence-corrected chi connectivity index (χ2v) is 3.69. The van der Waals surface area contributed by atoms with Crippen molar-refractivity contribution < 1.29 is 33.6 Å². The lowest BCUT2D eigenvalue weighted by molar-refractivity contribution is -0.158. The first kappa shape index (κ1) is 16.0. The fourth-order valence-electron chi connectivity index (χ4n) is 0.705. The topological polar surface area (TPSA) is 91.3 Å². The minimum atomic E-state index is -1.50. The number of carbonyl (C=O) groups excluding carboxylic acids is 1. The Morgan fingerprint density at radius 1 is 1.12 bits per heavy atom. The smallest absolute Gasteiger partial charge is 0.450 e. The summed E-state index contributed by atoms with van der Waals surface area (Å²) in [7, 11) is 0. The highest BCUT2D eigenvalue weighted by molar-refractivity contribution is 7.98. The predicted octanol–water partition coefficient (Wildman–Crippen LogP) is 0.578. The summed E-state index contributed by atoms with van der Waals surface area (Å²) in [6, 6.07) is 0. The van der Waals surface area contributed by atoms with Gasteiger partial charge in [0.15, 0.2) is 0 Å². The summed E-state index contributed by atoms with van der Waals surface area (Å²) >= 11 is 1.68. The summed E-state index contributed by atoms with van der Waals surface area (Å²) in [5.41, 5.74) is 0. The van der Waals surface area contributed by atoms with Crippen molar-refractivity contribution in [2.45, 2.75) is 0 Å². The Bertz CT molecular complexity index is 221. The highest BCUT2D eigenvalue weighted by Gasteiger charge is 2.04. The molecule has 0 spiro atoms. The van der Waals surface area contributed by atoms with Gasteiger partial charge in [-0.2, -0.15) is 11.8 Å². The molecule has 0 aromatic heterocycles. The van der Waals surface area contributed by atoms with E-state index < -0.39 is 18.9 Å². The minimum Gasteiger partial charge on any atom is -0.450 e. The van der Waals surface area contributed by atoms with Crippen LogP contribution in [0, 0.1) is 0 Å². The van der Waals surface area contributed by atoms with Crippen LogP contribution in [-0.2, 0) is 23.7 Å². The van der Waals surface area contributed by atoms with Crippen LogP contribution in [0.5, 0.6) is 0 Å². The maximum absolute atomic E-state index is 10.9. The van der Waals surface area contributed by atoms with E-state index in [1.54, 1.807) is 11.8 Å².